The van der Waals surface area contributed by atoms with Gasteiger partial charge in [0.2, 0.25) is 0 Å². The molecule has 0 saturated carbocycles. The summed E-state index contributed by atoms with van der Waals surface area (Å²) >= 11 is 0. The third kappa shape index (κ3) is 7.75. The van der Waals surface area contributed by atoms with Crippen LogP contribution in [-0.4, -0.2) is 45.2 Å². The van der Waals surface area contributed by atoms with Crippen LogP contribution in [0.2, 0.25) is 0 Å². The van der Waals surface area contributed by atoms with Gasteiger partial charge in [-0.05, 0) is 30.7 Å². The molecule has 0 radical (unpaired) electrons. The number of hydrogen-bond donors (Lipinski definition) is 2. The van der Waals surface area contributed by atoms with E-state index >= 15 is 0 Å². The van der Waals surface area contributed by atoms with Crippen molar-refractivity contribution >= 4 is 27.7 Å². The Hall–Kier alpha value is -2.49. The standard InChI is InChI=1S/C15H19FN2O6S/c1-2-8-17-15(21)18-13(19)10-24-14(20)7-9-25(22,23)12-5-3-11(16)4-6-12/h3-6H,2,7-10H2,1H3,(H2,17,18,19,21). The van der Waals surface area contributed by atoms with Gasteiger partial charge >= 0.3 is 12.0 Å². The van der Waals surface area contributed by atoms with E-state index in [1.807, 2.05) is 12.2 Å². The van der Waals surface area contributed by atoms with Crippen molar-refractivity contribution in [2.45, 2.75) is 24.7 Å². The average molecular weight is 374 g/mol. The van der Waals surface area contributed by atoms with Crippen LogP contribution in [0, 0.1) is 5.82 Å². The van der Waals surface area contributed by atoms with E-state index in [9.17, 15) is 27.2 Å². The minimum atomic E-state index is -3.77. The van der Waals surface area contributed by atoms with E-state index in [-0.39, 0.29) is 4.90 Å². The second-order valence-electron chi connectivity index (χ2n) is 4.99. The summed E-state index contributed by atoms with van der Waals surface area (Å²) in [6.45, 7) is 1.53. The fourth-order valence-electron chi connectivity index (χ4n) is 1.64. The number of sulfone groups is 1. The Labute approximate surface area is 144 Å². The van der Waals surface area contributed by atoms with E-state index in [4.69, 9.17) is 0 Å². The van der Waals surface area contributed by atoms with Gasteiger partial charge in [0.15, 0.2) is 16.4 Å². The van der Waals surface area contributed by atoms with Gasteiger partial charge in [-0.2, -0.15) is 0 Å². The van der Waals surface area contributed by atoms with Crippen LogP contribution < -0.4 is 10.6 Å². The minimum absolute atomic E-state index is 0.118. The molecule has 0 saturated heterocycles. The lowest BCUT2D eigenvalue weighted by Crippen LogP contribution is -2.41. The molecule has 25 heavy (non-hydrogen) atoms. The van der Waals surface area contributed by atoms with Crippen LogP contribution in [0.4, 0.5) is 9.18 Å². The van der Waals surface area contributed by atoms with Gasteiger partial charge in [-0.1, -0.05) is 6.92 Å². The zero-order chi connectivity index (χ0) is 18.9. The van der Waals surface area contributed by atoms with Gasteiger partial charge < -0.3 is 10.1 Å². The zero-order valence-corrected chi connectivity index (χ0v) is 14.4. The molecule has 0 aliphatic rings. The Balaban J connectivity index is 2.38. The summed E-state index contributed by atoms with van der Waals surface area (Å²) in [6, 6.07) is 3.48. The lowest BCUT2D eigenvalue weighted by atomic mass is 10.4. The van der Waals surface area contributed by atoms with Crippen molar-refractivity contribution in [2.75, 3.05) is 18.9 Å². The van der Waals surface area contributed by atoms with Crippen molar-refractivity contribution in [2.24, 2.45) is 0 Å². The number of halogens is 1. The van der Waals surface area contributed by atoms with E-state index in [2.05, 4.69) is 10.1 Å². The first kappa shape index (κ1) is 20.6. The summed E-state index contributed by atoms with van der Waals surface area (Å²) in [7, 11) is -3.77. The van der Waals surface area contributed by atoms with Gasteiger partial charge in [-0.25, -0.2) is 17.6 Å². The third-order valence-electron chi connectivity index (χ3n) is 2.90. The molecule has 0 aliphatic carbocycles. The van der Waals surface area contributed by atoms with E-state index < -0.39 is 52.3 Å². The second kappa shape index (κ2) is 9.72. The maximum absolute atomic E-state index is 12.8. The lowest BCUT2D eigenvalue weighted by molar-refractivity contribution is -0.147. The molecular formula is C15H19FN2O6S. The number of hydrogen-bond acceptors (Lipinski definition) is 6. The third-order valence-corrected chi connectivity index (χ3v) is 4.63. The monoisotopic (exact) mass is 374 g/mol. The fourth-order valence-corrected chi connectivity index (χ4v) is 2.86. The van der Waals surface area contributed by atoms with Gasteiger partial charge in [0.1, 0.15) is 5.82 Å². The number of benzene rings is 1. The van der Waals surface area contributed by atoms with Crippen molar-refractivity contribution < 1.29 is 31.9 Å². The van der Waals surface area contributed by atoms with Crippen LogP contribution in [0.25, 0.3) is 0 Å². The molecule has 0 heterocycles. The molecule has 1 aromatic carbocycles. The molecule has 3 amide bonds. The summed E-state index contributed by atoms with van der Waals surface area (Å²) in [4.78, 5) is 34.0. The molecule has 0 fully saturated rings. The molecule has 0 aromatic heterocycles. The lowest BCUT2D eigenvalue weighted by Gasteiger charge is -2.07. The Morgan fingerprint density at radius 3 is 2.40 bits per heavy atom. The first-order valence-electron chi connectivity index (χ1n) is 7.46. The topological polar surface area (TPSA) is 119 Å². The number of amides is 3. The predicted molar refractivity (Wildman–Crippen MR) is 85.9 cm³/mol. The van der Waals surface area contributed by atoms with Gasteiger partial charge in [0.05, 0.1) is 17.1 Å². The second-order valence-corrected chi connectivity index (χ2v) is 7.10. The predicted octanol–water partition coefficient (Wildman–Crippen LogP) is 0.768. The van der Waals surface area contributed by atoms with Crippen LogP contribution in [0.5, 0.6) is 0 Å². The van der Waals surface area contributed by atoms with Crippen LogP contribution in [-0.2, 0) is 24.2 Å². The molecular weight excluding hydrogens is 355 g/mol. The summed E-state index contributed by atoms with van der Waals surface area (Å²) in [5.41, 5.74) is 0. The van der Waals surface area contributed by atoms with Crippen molar-refractivity contribution in [3.8, 4) is 0 Å². The molecule has 1 rings (SSSR count). The van der Waals surface area contributed by atoms with E-state index in [0.29, 0.717) is 13.0 Å². The highest BCUT2D eigenvalue weighted by molar-refractivity contribution is 7.91. The smallest absolute Gasteiger partial charge is 0.321 e. The molecule has 8 nitrogen and oxygen atoms in total. The van der Waals surface area contributed by atoms with Crippen LogP contribution >= 0.6 is 0 Å². The molecule has 0 spiro atoms. The Bertz CT molecular complexity index is 718. The van der Waals surface area contributed by atoms with Crippen LogP contribution in [0.3, 0.4) is 0 Å². The normalized spacial score (nSPS) is 10.8. The average Bonchev–Trinajstić information content (AvgIpc) is 2.56. The number of ether oxygens (including phenoxy) is 1. The van der Waals surface area contributed by atoms with Crippen LogP contribution in [0.1, 0.15) is 19.8 Å². The van der Waals surface area contributed by atoms with Crippen molar-refractivity contribution in [3.63, 3.8) is 0 Å². The van der Waals surface area contributed by atoms with Crippen LogP contribution in [0.15, 0.2) is 29.2 Å². The van der Waals surface area contributed by atoms with Crippen molar-refractivity contribution in [1.29, 1.82) is 0 Å². The Kier molecular flexibility index (Phi) is 7.99. The molecule has 0 bridgehead atoms. The highest BCUT2D eigenvalue weighted by atomic mass is 32.2. The first-order valence-corrected chi connectivity index (χ1v) is 9.11. The maximum atomic E-state index is 12.8. The fraction of sp³-hybridized carbons (Fsp3) is 0.400. The summed E-state index contributed by atoms with van der Waals surface area (Å²) in [5, 5.41) is 4.35. The molecule has 10 heteroatoms. The summed E-state index contributed by atoms with van der Waals surface area (Å²) < 4.78 is 41.3. The minimum Gasteiger partial charge on any atom is -0.456 e. The number of rotatable bonds is 8. The zero-order valence-electron chi connectivity index (χ0n) is 13.6. The quantitative estimate of drug-likeness (QED) is 0.512. The Morgan fingerprint density at radius 1 is 1.16 bits per heavy atom. The number of carbonyl (C=O) groups is 3. The highest BCUT2D eigenvalue weighted by Crippen LogP contribution is 2.13. The molecule has 2 N–H and O–H groups in total. The number of nitrogens with one attached hydrogen (secondary N) is 2. The molecule has 0 aliphatic heterocycles. The highest BCUT2D eigenvalue weighted by Gasteiger charge is 2.18. The number of imide groups is 1. The molecule has 138 valence electrons. The summed E-state index contributed by atoms with van der Waals surface area (Å²) in [6.07, 6.45) is 0.216. The maximum Gasteiger partial charge on any atom is 0.321 e. The van der Waals surface area contributed by atoms with Gasteiger partial charge in [-0.15, -0.1) is 0 Å². The molecule has 0 atom stereocenters. The SMILES string of the molecule is CCCNC(=O)NC(=O)COC(=O)CCS(=O)(=O)c1ccc(F)cc1. The van der Waals surface area contributed by atoms with E-state index in [1.54, 1.807) is 0 Å². The first-order chi connectivity index (χ1) is 11.7. The van der Waals surface area contributed by atoms with E-state index in [0.717, 1.165) is 24.3 Å². The molecule has 0 unspecified atom stereocenters. The van der Waals surface area contributed by atoms with Crippen molar-refractivity contribution in [1.82, 2.24) is 10.6 Å². The van der Waals surface area contributed by atoms with Crippen molar-refractivity contribution in [3.05, 3.63) is 30.1 Å². The Morgan fingerprint density at radius 2 is 1.80 bits per heavy atom. The molecule has 1 aromatic rings. The van der Waals surface area contributed by atoms with Gasteiger partial charge in [0, 0.05) is 6.54 Å². The van der Waals surface area contributed by atoms with E-state index in [1.165, 1.54) is 0 Å². The van der Waals surface area contributed by atoms with Gasteiger partial charge in [0.25, 0.3) is 5.91 Å². The number of esters is 1. The van der Waals surface area contributed by atoms with Gasteiger partial charge in [-0.3, -0.25) is 14.9 Å². The number of carbonyl (C=O) groups excluding carboxylic acids is 3. The number of urea groups is 1. The summed E-state index contributed by atoms with van der Waals surface area (Å²) in [5.74, 6) is -2.86. The largest absolute Gasteiger partial charge is 0.456 e.